The number of anilines is 1. The molecule has 8 nitrogen and oxygen atoms in total. The van der Waals surface area contributed by atoms with Crippen LogP contribution in [0.2, 0.25) is 0 Å². The number of likely N-dealkylation sites (N-methyl/N-ethyl adjacent to an activating group) is 1. The first-order valence-electron chi connectivity index (χ1n) is 13.6. The quantitative estimate of drug-likeness (QED) is 0.309. The Kier molecular flexibility index (Phi) is 11.1. The third-order valence-electron chi connectivity index (χ3n) is 6.54. The molecular weight excluding hydrogens is 526 g/mol. The first-order chi connectivity index (χ1) is 19.2. The molecule has 0 aliphatic heterocycles. The molecular formula is C31H39N3O5S. The molecule has 0 fully saturated rings. The fraction of sp³-hybridized carbons (Fsp3) is 0.355. The van der Waals surface area contributed by atoms with Gasteiger partial charge in [-0.2, -0.15) is 0 Å². The molecule has 0 bridgehead atoms. The van der Waals surface area contributed by atoms with E-state index in [9.17, 15) is 18.0 Å². The van der Waals surface area contributed by atoms with Gasteiger partial charge in [-0.25, -0.2) is 8.42 Å². The highest BCUT2D eigenvalue weighted by molar-refractivity contribution is 7.92. The van der Waals surface area contributed by atoms with Gasteiger partial charge in [0.25, 0.3) is 10.0 Å². The van der Waals surface area contributed by atoms with Crippen molar-refractivity contribution in [2.75, 3.05) is 30.5 Å². The van der Waals surface area contributed by atoms with E-state index in [0.29, 0.717) is 31.7 Å². The number of hydrogen-bond donors (Lipinski definition) is 1. The average Bonchev–Trinajstić information content (AvgIpc) is 2.95. The fourth-order valence-electron chi connectivity index (χ4n) is 4.48. The SMILES string of the molecule is CCNC(=O)C(CC)N(CCc1ccccc1)C(=O)CN(c1ccccc1OCC)S(=O)(=O)c1ccc(C)cc1. The lowest BCUT2D eigenvalue weighted by molar-refractivity contribution is -0.139. The number of nitrogens with zero attached hydrogens (tertiary/aromatic N) is 2. The van der Waals surface area contributed by atoms with Crippen LogP contribution in [0.5, 0.6) is 5.75 Å². The molecule has 0 radical (unpaired) electrons. The van der Waals surface area contributed by atoms with Gasteiger partial charge in [-0.1, -0.05) is 67.1 Å². The molecule has 9 heteroatoms. The van der Waals surface area contributed by atoms with E-state index < -0.39 is 28.5 Å². The van der Waals surface area contributed by atoms with Crippen LogP contribution in [-0.2, 0) is 26.0 Å². The number of benzene rings is 3. The summed E-state index contributed by atoms with van der Waals surface area (Å²) in [4.78, 5) is 28.6. The molecule has 2 amide bonds. The first-order valence-corrected chi connectivity index (χ1v) is 15.1. The van der Waals surface area contributed by atoms with Crippen LogP contribution in [0.15, 0.2) is 83.8 Å². The number of rotatable bonds is 14. The van der Waals surface area contributed by atoms with E-state index in [1.54, 1.807) is 36.4 Å². The van der Waals surface area contributed by atoms with Gasteiger partial charge in [0.15, 0.2) is 0 Å². The number of amides is 2. The van der Waals surface area contributed by atoms with E-state index in [2.05, 4.69) is 5.32 Å². The predicted octanol–water partition coefficient (Wildman–Crippen LogP) is 4.58. The van der Waals surface area contributed by atoms with Gasteiger partial charge in [0.2, 0.25) is 11.8 Å². The summed E-state index contributed by atoms with van der Waals surface area (Å²) in [5, 5.41) is 2.82. The molecule has 0 aliphatic rings. The second-order valence-corrected chi connectivity index (χ2v) is 11.2. The maximum absolute atomic E-state index is 14.1. The Balaban J connectivity index is 2.05. The second-order valence-electron chi connectivity index (χ2n) is 9.37. The van der Waals surface area contributed by atoms with Gasteiger partial charge in [-0.3, -0.25) is 13.9 Å². The van der Waals surface area contributed by atoms with Crippen molar-refractivity contribution in [3.05, 3.63) is 90.0 Å². The van der Waals surface area contributed by atoms with Gasteiger partial charge in [-0.05, 0) is 63.4 Å². The molecule has 214 valence electrons. The topological polar surface area (TPSA) is 96.0 Å². The summed E-state index contributed by atoms with van der Waals surface area (Å²) in [6, 6.07) is 22.2. The minimum absolute atomic E-state index is 0.0591. The summed E-state index contributed by atoms with van der Waals surface area (Å²) in [7, 11) is -4.16. The lowest BCUT2D eigenvalue weighted by Crippen LogP contribution is -2.53. The Morgan fingerprint density at radius 3 is 2.17 bits per heavy atom. The third-order valence-corrected chi connectivity index (χ3v) is 8.32. The van der Waals surface area contributed by atoms with Gasteiger partial charge in [0.05, 0.1) is 17.2 Å². The van der Waals surface area contributed by atoms with Crippen molar-refractivity contribution in [2.45, 2.75) is 51.5 Å². The van der Waals surface area contributed by atoms with Crippen LogP contribution in [0.4, 0.5) is 5.69 Å². The smallest absolute Gasteiger partial charge is 0.264 e. The summed E-state index contributed by atoms with van der Waals surface area (Å²) in [6.45, 7) is 7.85. The zero-order chi connectivity index (χ0) is 29.1. The van der Waals surface area contributed by atoms with Crippen molar-refractivity contribution < 1.29 is 22.7 Å². The van der Waals surface area contributed by atoms with Crippen LogP contribution in [0.3, 0.4) is 0 Å². The molecule has 0 heterocycles. The Morgan fingerprint density at radius 1 is 0.900 bits per heavy atom. The number of ether oxygens (including phenoxy) is 1. The van der Waals surface area contributed by atoms with Gasteiger partial charge < -0.3 is 15.0 Å². The minimum atomic E-state index is -4.16. The van der Waals surface area contributed by atoms with E-state index in [1.165, 1.54) is 17.0 Å². The van der Waals surface area contributed by atoms with E-state index in [1.807, 2.05) is 58.0 Å². The molecule has 40 heavy (non-hydrogen) atoms. The molecule has 3 aromatic rings. The summed E-state index contributed by atoms with van der Waals surface area (Å²) in [5.74, 6) is -0.398. The number of para-hydroxylation sites is 2. The van der Waals surface area contributed by atoms with Crippen LogP contribution < -0.4 is 14.4 Å². The first kappa shape index (κ1) is 30.7. The molecule has 0 aliphatic carbocycles. The van der Waals surface area contributed by atoms with Crippen LogP contribution >= 0.6 is 0 Å². The van der Waals surface area contributed by atoms with Crippen molar-refractivity contribution in [2.24, 2.45) is 0 Å². The van der Waals surface area contributed by atoms with Gasteiger partial charge in [0, 0.05) is 13.1 Å². The number of sulfonamides is 1. The van der Waals surface area contributed by atoms with Crippen molar-refractivity contribution in [1.29, 1.82) is 0 Å². The highest BCUT2D eigenvalue weighted by atomic mass is 32.2. The van der Waals surface area contributed by atoms with Gasteiger partial charge in [-0.15, -0.1) is 0 Å². The molecule has 0 aromatic heterocycles. The maximum Gasteiger partial charge on any atom is 0.264 e. The van der Waals surface area contributed by atoms with Crippen molar-refractivity contribution >= 4 is 27.5 Å². The van der Waals surface area contributed by atoms with Crippen LogP contribution in [0.1, 0.15) is 38.3 Å². The zero-order valence-corrected chi connectivity index (χ0v) is 24.5. The zero-order valence-electron chi connectivity index (χ0n) is 23.7. The van der Waals surface area contributed by atoms with Crippen LogP contribution in [0, 0.1) is 6.92 Å². The molecule has 0 saturated carbocycles. The van der Waals surface area contributed by atoms with Crippen molar-refractivity contribution in [1.82, 2.24) is 10.2 Å². The van der Waals surface area contributed by atoms with Crippen molar-refractivity contribution in [3.8, 4) is 5.75 Å². The Bertz CT molecular complexity index is 1360. The second kappa shape index (κ2) is 14.5. The van der Waals surface area contributed by atoms with Gasteiger partial charge in [0.1, 0.15) is 18.3 Å². The fourth-order valence-corrected chi connectivity index (χ4v) is 5.90. The molecule has 0 saturated heterocycles. The van der Waals surface area contributed by atoms with Crippen LogP contribution in [0.25, 0.3) is 0 Å². The Hall–Kier alpha value is -3.85. The lowest BCUT2D eigenvalue weighted by Gasteiger charge is -2.33. The molecule has 1 atom stereocenters. The predicted molar refractivity (Wildman–Crippen MR) is 158 cm³/mol. The highest BCUT2D eigenvalue weighted by Gasteiger charge is 2.34. The Labute approximate surface area is 238 Å². The van der Waals surface area contributed by atoms with Gasteiger partial charge >= 0.3 is 0 Å². The molecule has 1 unspecified atom stereocenters. The van der Waals surface area contributed by atoms with E-state index in [0.717, 1.165) is 15.4 Å². The highest BCUT2D eigenvalue weighted by Crippen LogP contribution is 2.33. The van der Waals surface area contributed by atoms with E-state index in [-0.39, 0.29) is 23.0 Å². The number of carbonyl (C=O) groups excluding carboxylic acids is 2. The summed E-state index contributed by atoms with van der Waals surface area (Å²) < 4.78 is 34.9. The van der Waals surface area contributed by atoms with Crippen molar-refractivity contribution in [3.63, 3.8) is 0 Å². The summed E-state index contributed by atoms with van der Waals surface area (Å²) in [6.07, 6.45) is 0.898. The summed E-state index contributed by atoms with van der Waals surface area (Å²) in [5.41, 5.74) is 2.18. The molecule has 0 spiro atoms. The summed E-state index contributed by atoms with van der Waals surface area (Å²) >= 11 is 0. The minimum Gasteiger partial charge on any atom is -0.492 e. The maximum atomic E-state index is 14.1. The number of hydrogen-bond acceptors (Lipinski definition) is 5. The van der Waals surface area contributed by atoms with E-state index in [4.69, 9.17) is 4.74 Å². The number of carbonyl (C=O) groups is 2. The average molecular weight is 566 g/mol. The largest absolute Gasteiger partial charge is 0.492 e. The monoisotopic (exact) mass is 565 g/mol. The molecule has 3 aromatic carbocycles. The normalized spacial score (nSPS) is 11.9. The number of aryl methyl sites for hydroxylation is 1. The molecule has 1 N–H and O–H groups in total. The van der Waals surface area contributed by atoms with Crippen LogP contribution in [-0.4, -0.2) is 57.4 Å². The molecule has 3 rings (SSSR count). The van der Waals surface area contributed by atoms with E-state index >= 15 is 0 Å². The number of nitrogens with one attached hydrogen (secondary N) is 1. The lowest BCUT2D eigenvalue weighted by atomic mass is 10.1. The standard InChI is InChI=1S/C31H39N3O5S/c1-5-27(31(36)32-6-2)33(22-21-25-13-9-8-10-14-25)30(35)23-34(28-15-11-12-16-29(28)39-7-3)40(37,38)26-19-17-24(4)18-20-26/h8-20,27H,5-7,21-23H2,1-4H3,(H,32,36). The third kappa shape index (κ3) is 7.63. The Morgan fingerprint density at radius 2 is 1.55 bits per heavy atom.